The van der Waals surface area contributed by atoms with Gasteiger partial charge in [-0.15, -0.1) is 5.10 Å². The molecule has 4 aromatic rings. The summed E-state index contributed by atoms with van der Waals surface area (Å²) >= 11 is 0. The topological polar surface area (TPSA) is 72.7 Å². The highest BCUT2D eigenvalue weighted by Gasteiger charge is 2.16. The molecule has 2 aromatic heterocycles. The van der Waals surface area contributed by atoms with E-state index in [-0.39, 0.29) is 5.91 Å². The van der Waals surface area contributed by atoms with Crippen molar-refractivity contribution in [2.75, 3.05) is 5.32 Å². The zero-order valence-electron chi connectivity index (χ0n) is 15.9. The summed E-state index contributed by atoms with van der Waals surface area (Å²) in [5.74, 6) is -0.296. The molecule has 1 amide bonds. The average molecular weight is 381 g/mol. The summed E-state index contributed by atoms with van der Waals surface area (Å²) in [6.07, 6.45) is 5.63. The van der Waals surface area contributed by atoms with Crippen LogP contribution in [0.3, 0.4) is 0 Å². The molecule has 2 heterocycles. The van der Waals surface area contributed by atoms with E-state index in [2.05, 4.69) is 20.5 Å². The van der Waals surface area contributed by atoms with Crippen molar-refractivity contribution in [3.63, 3.8) is 0 Å². The minimum Gasteiger partial charge on any atom is -0.321 e. The van der Waals surface area contributed by atoms with Crippen LogP contribution in [0.2, 0.25) is 0 Å². The number of amides is 1. The molecule has 0 aliphatic heterocycles. The predicted octanol–water partition coefficient (Wildman–Crippen LogP) is 4.39. The molecule has 6 nitrogen and oxygen atoms in total. The predicted molar refractivity (Wildman–Crippen MR) is 114 cm³/mol. The number of benzene rings is 2. The van der Waals surface area contributed by atoms with Crippen LogP contribution in [-0.4, -0.2) is 25.9 Å². The Bertz CT molecular complexity index is 1150. The number of hydrogen-bond acceptors (Lipinski definition) is 4. The molecule has 142 valence electrons. The average Bonchev–Trinajstić information content (AvgIpc) is 3.16. The summed E-state index contributed by atoms with van der Waals surface area (Å²) in [7, 11) is 0. The van der Waals surface area contributed by atoms with Crippen molar-refractivity contribution < 1.29 is 4.79 Å². The lowest BCUT2D eigenvalue weighted by Gasteiger charge is -2.04. The van der Waals surface area contributed by atoms with E-state index in [0.717, 1.165) is 16.9 Å². The van der Waals surface area contributed by atoms with E-state index in [9.17, 15) is 4.79 Å². The van der Waals surface area contributed by atoms with Crippen LogP contribution in [0.1, 0.15) is 27.4 Å². The van der Waals surface area contributed by atoms with Gasteiger partial charge in [-0.25, -0.2) is 0 Å². The molecule has 0 saturated carbocycles. The lowest BCUT2D eigenvalue weighted by molar-refractivity contribution is 0.102. The van der Waals surface area contributed by atoms with Gasteiger partial charge >= 0.3 is 0 Å². The Balaban J connectivity index is 1.50. The van der Waals surface area contributed by atoms with Crippen LogP contribution < -0.4 is 5.32 Å². The van der Waals surface area contributed by atoms with Crippen LogP contribution in [0, 0.1) is 6.92 Å². The second-order valence-electron chi connectivity index (χ2n) is 6.43. The Morgan fingerprint density at radius 2 is 1.76 bits per heavy atom. The highest BCUT2D eigenvalue weighted by molar-refractivity contribution is 6.03. The molecule has 6 heteroatoms. The molecule has 4 rings (SSSR count). The second kappa shape index (κ2) is 8.31. The van der Waals surface area contributed by atoms with E-state index in [1.807, 2.05) is 84.9 Å². The molecule has 29 heavy (non-hydrogen) atoms. The number of aromatic nitrogens is 4. The lowest BCUT2D eigenvalue weighted by atomic mass is 10.1. The summed E-state index contributed by atoms with van der Waals surface area (Å²) in [6, 6.07) is 22.8. The molecule has 0 bridgehead atoms. The number of anilines is 1. The van der Waals surface area contributed by atoms with E-state index in [0.29, 0.717) is 17.1 Å². The Kier molecular flexibility index (Phi) is 5.25. The van der Waals surface area contributed by atoms with Crippen molar-refractivity contribution in [1.29, 1.82) is 0 Å². The van der Waals surface area contributed by atoms with Crippen molar-refractivity contribution in [3.05, 3.63) is 102 Å². The summed E-state index contributed by atoms with van der Waals surface area (Å²) in [4.78, 5) is 18.5. The molecule has 1 N–H and O–H groups in total. The first-order valence-corrected chi connectivity index (χ1v) is 9.19. The number of para-hydroxylation sites is 1. The van der Waals surface area contributed by atoms with E-state index in [1.54, 1.807) is 13.1 Å². The van der Waals surface area contributed by atoms with Crippen LogP contribution in [0.4, 0.5) is 5.69 Å². The number of nitrogens with zero attached hydrogens (tertiary/aromatic N) is 4. The molecule has 0 radical (unpaired) electrons. The zero-order chi connectivity index (χ0) is 20.1. The normalized spacial score (nSPS) is 10.9. The van der Waals surface area contributed by atoms with Crippen molar-refractivity contribution in [1.82, 2.24) is 20.0 Å². The first-order valence-electron chi connectivity index (χ1n) is 9.19. The zero-order valence-corrected chi connectivity index (χ0v) is 15.9. The summed E-state index contributed by atoms with van der Waals surface area (Å²) < 4.78 is 0. The fourth-order valence-corrected chi connectivity index (χ4v) is 2.83. The third kappa shape index (κ3) is 4.44. The van der Waals surface area contributed by atoms with E-state index in [4.69, 9.17) is 0 Å². The van der Waals surface area contributed by atoms with Crippen LogP contribution in [-0.2, 0) is 0 Å². The smallest absolute Gasteiger partial charge is 0.278 e. The van der Waals surface area contributed by atoms with E-state index < -0.39 is 0 Å². The highest BCUT2D eigenvalue weighted by Crippen LogP contribution is 2.15. The first-order chi connectivity index (χ1) is 14.2. The standard InChI is InChI=1S/C23H19N5O/c1-17-22(27-28(26-17)21-11-3-2-4-12-21)23(29)25-20-10-7-8-18(16-20)13-14-19-9-5-6-15-24-19/h2-16H,1H3,(H,25,29)/b14-13+. The molecular weight excluding hydrogens is 362 g/mol. The number of carbonyl (C=O) groups excluding carboxylic acids is 1. The van der Waals surface area contributed by atoms with E-state index in [1.165, 1.54) is 4.80 Å². The monoisotopic (exact) mass is 381 g/mol. The summed E-state index contributed by atoms with van der Waals surface area (Å²) in [6.45, 7) is 1.77. The van der Waals surface area contributed by atoms with Gasteiger partial charge in [-0.2, -0.15) is 9.90 Å². The maximum absolute atomic E-state index is 12.7. The van der Waals surface area contributed by atoms with Gasteiger partial charge in [0.1, 0.15) is 0 Å². The Hall–Kier alpha value is -4.06. The largest absolute Gasteiger partial charge is 0.321 e. The van der Waals surface area contributed by atoms with Crippen LogP contribution >= 0.6 is 0 Å². The minimum absolute atomic E-state index is 0.295. The van der Waals surface area contributed by atoms with Gasteiger partial charge in [0.25, 0.3) is 5.91 Å². The van der Waals surface area contributed by atoms with Crippen LogP contribution in [0.5, 0.6) is 0 Å². The lowest BCUT2D eigenvalue weighted by Crippen LogP contribution is -2.14. The van der Waals surface area contributed by atoms with E-state index >= 15 is 0 Å². The van der Waals surface area contributed by atoms with Gasteiger partial charge in [0.05, 0.1) is 17.1 Å². The first kappa shape index (κ1) is 18.3. The molecule has 0 aliphatic rings. The Morgan fingerprint density at radius 3 is 2.55 bits per heavy atom. The fourth-order valence-electron chi connectivity index (χ4n) is 2.83. The molecule has 0 fully saturated rings. The molecule has 0 atom stereocenters. The quantitative estimate of drug-likeness (QED) is 0.556. The molecular formula is C23H19N5O. The van der Waals surface area contributed by atoms with Crippen molar-refractivity contribution >= 4 is 23.7 Å². The minimum atomic E-state index is -0.296. The molecule has 0 aliphatic carbocycles. The maximum Gasteiger partial charge on any atom is 0.278 e. The Labute approximate surface area is 168 Å². The van der Waals surface area contributed by atoms with Crippen LogP contribution in [0.25, 0.3) is 17.8 Å². The van der Waals surface area contributed by atoms with Gasteiger partial charge < -0.3 is 5.32 Å². The van der Waals surface area contributed by atoms with Gasteiger partial charge in [0.15, 0.2) is 5.69 Å². The number of hydrogen-bond donors (Lipinski definition) is 1. The second-order valence-corrected chi connectivity index (χ2v) is 6.43. The Morgan fingerprint density at radius 1 is 0.931 bits per heavy atom. The van der Waals surface area contributed by atoms with Crippen molar-refractivity contribution in [3.8, 4) is 5.69 Å². The number of rotatable bonds is 5. The number of nitrogens with one attached hydrogen (secondary N) is 1. The van der Waals surface area contributed by atoms with Gasteiger partial charge in [-0.1, -0.05) is 42.5 Å². The molecule has 0 saturated heterocycles. The highest BCUT2D eigenvalue weighted by atomic mass is 16.2. The summed E-state index contributed by atoms with van der Waals surface area (Å²) in [5.41, 5.74) is 4.18. The number of pyridine rings is 1. The molecule has 0 spiro atoms. The number of carbonyl (C=O) groups is 1. The van der Waals surface area contributed by atoms with Crippen LogP contribution in [0.15, 0.2) is 79.0 Å². The number of aryl methyl sites for hydroxylation is 1. The third-order valence-corrected chi connectivity index (χ3v) is 4.26. The van der Waals surface area contributed by atoms with Gasteiger partial charge in [-0.05, 0) is 55.0 Å². The fraction of sp³-hybridized carbons (Fsp3) is 0.0435. The summed E-state index contributed by atoms with van der Waals surface area (Å²) in [5, 5.41) is 11.6. The van der Waals surface area contributed by atoms with Gasteiger partial charge in [0.2, 0.25) is 0 Å². The molecule has 0 unspecified atom stereocenters. The molecule has 2 aromatic carbocycles. The maximum atomic E-state index is 12.7. The van der Waals surface area contributed by atoms with Gasteiger partial charge in [-0.3, -0.25) is 9.78 Å². The van der Waals surface area contributed by atoms with Crippen molar-refractivity contribution in [2.45, 2.75) is 6.92 Å². The SMILES string of the molecule is Cc1nn(-c2ccccc2)nc1C(=O)Nc1cccc(/C=C/c2ccccn2)c1. The third-order valence-electron chi connectivity index (χ3n) is 4.26. The van der Waals surface area contributed by atoms with Crippen molar-refractivity contribution in [2.24, 2.45) is 0 Å². The van der Waals surface area contributed by atoms with Gasteiger partial charge in [0, 0.05) is 11.9 Å².